The molecule has 3 rings (SSSR count). The topological polar surface area (TPSA) is 37.3 Å². The lowest BCUT2D eigenvalue weighted by atomic mass is 10.1. The lowest BCUT2D eigenvalue weighted by Crippen LogP contribution is -2.30. The molecule has 1 amide bonds. The Morgan fingerprint density at radius 1 is 1.09 bits per heavy atom. The molecule has 0 unspecified atom stereocenters. The maximum absolute atomic E-state index is 12.2. The average Bonchev–Trinajstić information content (AvgIpc) is 3.16. The van der Waals surface area contributed by atoms with Gasteiger partial charge in [-0.25, -0.2) is 0 Å². The Morgan fingerprint density at radius 2 is 1.74 bits per heavy atom. The van der Waals surface area contributed by atoms with Crippen molar-refractivity contribution in [2.24, 2.45) is 7.05 Å². The molecule has 1 heterocycles. The van der Waals surface area contributed by atoms with E-state index < -0.39 is 0 Å². The van der Waals surface area contributed by atoms with Crippen molar-refractivity contribution in [2.75, 3.05) is 19.4 Å². The SMILES string of the molecule is C=C/C=c1\c(=C(/C)Nc2ccc(CC)c(C)c2)cc(-c2ccc(C(=O)N(C)C)cc2)n1C.CC. The van der Waals surface area contributed by atoms with Crippen molar-refractivity contribution in [1.82, 2.24) is 9.47 Å². The van der Waals surface area contributed by atoms with Crippen LogP contribution in [0.15, 0.2) is 61.2 Å². The summed E-state index contributed by atoms with van der Waals surface area (Å²) in [7, 11) is 5.58. The molecule has 1 N–H and O–H groups in total. The fourth-order valence-corrected chi connectivity index (χ4v) is 4.00. The first kappa shape index (κ1) is 26.7. The highest BCUT2D eigenvalue weighted by atomic mass is 16.2. The van der Waals surface area contributed by atoms with Gasteiger partial charge in [-0.1, -0.05) is 51.6 Å². The van der Waals surface area contributed by atoms with Crippen LogP contribution in [0, 0.1) is 6.92 Å². The molecule has 0 atom stereocenters. The van der Waals surface area contributed by atoms with Gasteiger partial charge in [0.25, 0.3) is 5.91 Å². The zero-order valence-electron chi connectivity index (χ0n) is 22.0. The van der Waals surface area contributed by atoms with Crippen LogP contribution in [0.25, 0.3) is 23.0 Å². The minimum Gasteiger partial charge on any atom is -0.359 e. The second-order valence-corrected chi connectivity index (χ2v) is 8.31. The van der Waals surface area contributed by atoms with Gasteiger partial charge in [0, 0.05) is 54.4 Å². The molecule has 0 radical (unpaired) electrons. The third-order valence-corrected chi connectivity index (χ3v) is 5.85. The molecule has 34 heavy (non-hydrogen) atoms. The molecule has 0 fully saturated rings. The summed E-state index contributed by atoms with van der Waals surface area (Å²) in [5.41, 5.74) is 7.64. The van der Waals surface area contributed by atoms with E-state index >= 15 is 0 Å². The molecule has 3 aromatic rings. The molecular weight excluding hydrogens is 418 g/mol. The summed E-state index contributed by atoms with van der Waals surface area (Å²) < 4.78 is 2.16. The molecule has 180 valence electrons. The van der Waals surface area contributed by atoms with Crippen LogP contribution in [0.4, 0.5) is 5.69 Å². The fourth-order valence-electron chi connectivity index (χ4n) is 4.00. The van der Waals surface area contributed by atoms with Gasteiger partial charge in [0.05, 0.1) is 0 Å². The number of carbonyl (C=O) groups is 1. The summed E-state index contributed by atoms with van der Waals surface area (Å²) >= 11 is 0. The fraction of sp³-hybridized carbons (Fsp3) is 0.300. The second kappa shape index (κ2) is 12.1. The van der Waals surface area contributed by atoms with Crippen molar-refractivity contribution in [3.05, 3.63) is 88.4 Å². The normalized spacial score (nSPS) is 11.9. The van der Waals surface area contributed by atoms with E-state index in [-0.39, 0.29) is 5.91 Å². The van der Waals surface area contributed by atoms with Crippen LogP contribution in [-0.2, 0) is 13.5 Å². The largest absolute Gasteiger partial charge is 0.359 e. The quantitative estimate of drug-likeness (QED) is 0.531. The first-order chi connectivity index (χ1) is 16.3. The van der Waals surface area contributed by atoms with Gasteiger partial charge in [-0.05, 0) is 73.4 Å². The third-order valence-electron chi connectivity index (χ3n) is 5.85. The van der Waals surface area contributed by atoms with Crippen LogP contribution in [0.5, 0.6) is 0 Å². The van der Waals surface area contributed by atoms with Crippen LogP contribution in [0.2, 0.25) is 0 Å². The van der Waals surface area contributed by atoms with Gasteiger partial charge in [0.2, 0.25) is 0 Å². The van der Waals surface area contributed by atoms with Gasteiger partial charge >= 0.3 is 0 Å². The summed E-state index contributed by atoms with van der Waals surface area (Å²) in [4.78, 5) is 13.8. The van der Waals surface area contributed by atoms with E-state index in [1.807, 2.05) is 50.3 Å². The lowest BCUT2D eigenvalue weighted by molar-refractivity contribution is 0.0827. The molecule has 4 heteroatoms. The van der Waals surface area contributed by atoms with Gasteiger partial charge in [0.15, 0.2) is 0 Å². The number of hydrogen-bond acceptors (Lipinski definition) is 2. The smallest absolute Gasteiger partial charge is 0.253 e. The number of rotatable bonds is 6. The Kier molecular flexibility index (Phi) is 9.49. The summed E-state index contributed by atoms with van der Waals surface area (Å²) in [5, 5.41) is 5.77. The van der Waals surface area contributed by atoms with Crippen molar-refractivity contribution in [3.8, 4) is 11.3 Å². The van der Waals surface area contributed by atoms with Crippen LogP contribution < -0.4 is 15.9 Å². The molecule has 0 aliphatic rings. The maximum atomic E-state index is 12.2. The Hall–Kier alpha value is -3.53. The molecule has 0 saturated heterocycles. The van der Waals surface area contributed by atoms with Crippen molar-refractivity contribution in [3.63, 3.8) is 0 Å². The highest BCUT2D eigenvalue weighted by Crippen LogP contribution is 2.19. The lowest BCUT2D eigenvalue weighted by Gasteiger charge is -2.10. The Morgan fingerprint density at radius 3 is 2.26 bits per heavy atom. The number of allylic oxidation sites excluding steroid dienone is 1. The van der Waals surface area contributed by atoms with Crippen molar-refractivity contribution in [2.45, 2.75) is 41.0 Å². The highest BCUT2D eigenvalue weighted by Gasteiger charge is 2.11. The standard InChI is InChI=1S/C28H33N3O.C2H6/c1-8-10-26-25(20(4)29-24-16-15-21(9-2)19(3)17-24)18-27(31(26)7)22-11-13-23(14-12-22)28(32)30(5)6;1-2/h8,10-18,29H,1,9H2,2-7H3;1-2H3/b25-20+,26-10+;. The van der Waals surface area contributed by atoms with E-state index in [2.05, 4.69) is 68.5 Å². The van der Waals surface area contributed by atoms with Gasteiger partial charge < -0.3 is 14.8 Å². The minimum atomic E-state index is 0.00237. The van der Waals surface area contributed by atoms with E-state index in [1.165, 1.54) is 11.1 Å². The molecule has 1 aromatic heterocycles. The summed E-state index contributed by atoms with van der Waals surface area (Å²) in [6.07, 6.45) is 4.88. The molecule has 0 spiro atoms. The first-order valence-electron chi connectivity index (χ1n) is 11.9. The zero-order valence-corrected chi connectivity index (χ0v) is 22.0. The third kappa shape index (κ3) is 5.88. The van der Waals surface area contributed by atoms with E-state index in [0.29, 0.717) is 5.56 Å². The number of carbonyl (C=O) groups excluding carboxylic acids is 1. The first-order valence-corrected chi connectivity index (χ1v) is 11.9. The Balaban J connectivity index is 0.00000199. The zero-order chi connectivity index (χ0) is 25.4. The van der Waals surface area contributed by atoms with E-state index in [1.54, 1.807) is 19.0 Å². The summed E-state index contributed by atoms with van der Waals surface area (Å²) in [6, 6.07) is 16.5. The maximum Gasteiger partial charge on any atom is 0.253 e. The summed E-state index contributed by atoms with van der Waals surface area (Å²) in [5.74, 6) is 0.00237. The van der Waals surface area contributed by atoms with Gasteiger partial charge in [-0.15, -0.1) is 0 Å². The van der Waals surface area contributed by atoms with Gasteiger partial charge in [-0.2, -0.15) is 0 Å². The van der Waals surface area contributed by atoms with Crippen molar-refractivity contribution < 1.29 is 4.79 Å². The van der Waals surface area contributed by atoms with Crippen LogP contribution in [0.3, 0.4) is 0 Å². The monoisotopic (exact) mass is 457 g/mol. The van der Waals surface area contributed by atoms with Crippen LogP contribution in [0.1, 0.15) is 49.2 Å². The molecule has 0 aliphatic heterocycles. The molecule has 0 aliphatic carbocycles. The minimum absolute atomic E-state index is 0.00237. The van der Waals surface area contributed by atoms with Gasteiger partial charge in [-0.3, -0.25) is 4.79 Å². The van der Waals surface area contributed by atoms with E-state index in [0.717, 1.165) is 39.6 Å². The highest BCUT2D eigenvalue weighted by molar-refractivity contribution is 5.94. The number of nitrogens with one attached hydrogen (secondary N) is 1. The van der Waals surface area contributed by atoms with Crippen molar-refractivity contribution >= 4 is 23.4 Å². The molecule has 2 aromatic carbocycles. The molecular formula is C30H39N3O. The number of nitrogens with zero attached hydrogens (tertiary/aromatic N) is 2. The number of hydrogen-bond donors (Lipinski definition) is 1. The predicted molar refractivity (Wildman–Crippen MR) is 147 cm³/mol. The molecule has 4 nitrogen and oxygen atoms in total. The Labute approximate surface area is 204 Å². The Bertz CT molecular complexity index is 1260. The number of anilines is 1. The van der Waals surface area contributed by atoms with E-state index in [9.17, 15) is 4.79 Å². The number of aryl methyl sites for hydroxylation is 2. The van der Waals surface area contributed by atoms with Crippen LogP contribution >= 0.6 is 0 Å². The van der Waals surface area contributed by atoms with E-state index in [4.69, 9.17) is 0 Å². The number of benzene rings is 2. The van der Waals surface area contributed by atoms with Gasteiger partial charge in [0.1, 0.15) is 0 Å². The number of aromatic nitrogens is 1. The molecule has 0 bridgehead atoms. The van der Waals surface area contributed by atoms with Crippen molar-refractivity contribution in [1.29, 1.82) is 0 Å². The summed E-state index contributed by atoms with van der Waals surface area (Å²) in [6.45, 7) is 14.3. The number of amides is 1. The predicted octanol–water partition coefficient (Wildman–Crippen LogP) is 5.50. The van der Waals surface area contributed by atoms with Crippen LogP contribution in [-0.4, -0.2) is 29.5 Å². The second-order valence-electron chi connectivity index (χ2n) is 8.31. The molecule has 0 saturated carbocycles. The average molecular weight is 458 g/mol.